The number of anilines is 1. The fourth-order valence-corrected chi connectivity index (χ4v) is 1.92. The van der Waals surface area contributed by atoms with Gasteiger partial charge in [-0.1, -0.05) is 0 Å². The second kappa shape index (κ2) is 7.31. The van der Waals surface area contributed by atoms with Gasteiger partial charge in [0.25, 0.3) is 0 Å². The highest BCUT2D eigenvalue weighted by Gasteiger charge is 2.10. The van der Waals surface area contributed by atoms with Crippen molar-refractivity contribution in [1.82, 2.24) is 4.98 Å². The van der Waals surface area contributed by atoms with E-state index in [0.717, 1.165) is 29.2 Å². The van der Waals surface area contributed by atoms with E-state index in [1.54, 1.807) is 0 Å². The van der Waals surface area contributed by atoms with Gasteiger partial charge in [-0.2, -0.15) is 0 Å². The lowest BCUT2D eigenvalue weighted by Gasteiger charge is -2.23. The second-order valence-corrected chi connectivity index (χ2v) is 4.31. The first-order valence-corrected chi connectivity index (χ1v) is 6.17. The molecule has 0 aliphatic rings. The second-order valence-electron chi connectivity index (χ2n) is 4.31. The molecule has 1 aromatic heterocycles. The molecule has 0 amide bonds. The summed E-state index contributed by atoms with van der Waals surface area (Å²) in [6.07, 6.45) is 0. The third-order valence-electron chi connectivity index (χ3n) is 2.86. The predicted octanol–water partition coefficient (Wildman–Crippen LogP) is 0.602. The first-order chi connectivity index (χ1) is 8.60. The number of pyridine rings is 1. The number of nitrogens with two attached hydrogens (primary N) is 1. The van der Waals surface area contributed by atoms with E-state index in [2.05, 4.69) is 9.88 Å². The molecule has 0 fully saturated rings. The quantitative estimate of drug-likeness (QED) is 0.696. The van der Waals surface area contributed by atoms with Crippen molar-refractivity contribution in [2.24, 2.45) is 5.73 Å². The Kier molecular flexibility index (Phi) is 6.04. The first kappa shape index (κ1) is 14.9. The van der Waals surface area contributed by atoms with Gasteiger partial charge in [0.2, 0.25) is 0 Å². The standard InChI is InChI=1S/C13H23N3O2/c1-10-8-13(12(9-14)11(2)15-10)16(3)4-6-18-7-5-17/h8,17H,4-7,9,14H2,1-3H3. The smallest absolute Gasteiger partial charge is 0.0698 e. The lowest BCUT2D eigenvalue weighted by atomic mass is 10.1. The molecule has 102 valence electrons. The van der Waals surface area contributed by atoms with Crippen molar-refractivity contribution >= 4 is 5.69 Å². The van der Waals surface area contributed by atoms with E-state index in [4.69, 9.17) is 15.6 Å². The van der Waals surface area contributed by atoms with Crippen LogP contribution in [0.3, 0.4) is 0 Å². The summed E-state index contributed by atoms with van der Waals surface area (Å²) in [5.74, 6) is 0. The van der Waals surface area contributed by atoms with E-state index in [1.165, 1.54) is 0 Å². The summed E-state index contributed by atoms with van der Waals surface area (Å²) in [6, 6.07) is 2.04. The van der Waals surface area contributed by atoms with Gasteiger partial charge in [0.05, 0.1) is 19.8 Å². The third kappa shape index (κ3) is 3.94. The average Bonchev–Trinajstić information content (AvgIpc) is 2.33. The van der Waals surface area contributed by atoms with Gasteiger partial charge in [-0.05, 0) is 19.9 Å². The molecule has 0 bridgehead atoms. The Morgan fingerprint density at radius 1 is 1.39 bits per heavy atom. The molecule has 1 heterocycles. The molecule has 0 aliphatic carbocycles. The van der Waals surface area contributed by atoms with Crippen LogP contribution in [-0.2, 0) is 11.3 Å². The number of aromatic nitrogens is 1. The molecule has 5 heteroatoms. The Morgan fingerprint density at radius 3 is 2.72 bits per heavy atom. The van der Waals surface area contributed by atoms with Crippen molar-refractivity contribution in [3.63, 3.8) is 0 Å². The number of rotatable bonds is 7. The molecule has 1 aromatic rings. The number of likely N-dealkylation sites (N-methyl/N-ethyl adjacent to an activating group) is 1. The van der Waals surface area contributed by atoms with E-state index in [9.17, 15) is 0 Å². The van der Waals surface area contributed by atoms with Gasteiger partial charge in [0.15, 0.2) is 0 Å². The maximum atomic E-state index is 8.64. The molecule has 0 aliphatic heterocycles. The molecule has 0 saturated carbocycles. The van der Waals surface area contributed by atoms with Crippen molar-refractivity contribution in [3.8, 4) is 0 Å². The molecule has 1 rings (SSSR count). The average molecular weight is 253 g/mol. The van der Waals surface area contributed by atoms with Crippen molar-refractivity contribution in [2.75, 3.05) is 38.3 Å². The molecule has 5 nitrogen and oxygen atoms in total. The molecule has 0 atom stereocenters. The van der Waals surface area contributed by atoms with E-state index in [0.29, 0.717) is 19.8 Å². The molecule has 0 aromatic carbocycles. The molecule has 0 saturated heterocycles. The molecular formula is C13H23N3O2. The lowest BCUT2D eigenvalue weighted by Crippen LogP contribution is -2.25. The molecule has 18 heavy (non-hydrogen) atoms. The Labute approximate surface area is 109 Å². The monoisotopic (exact) mass is 253 g/mol. The summed E-state index contributed by atoms with van der Waals surface area (Å²) in [5.41, 5.74) is 9.94. The highest BCUT2D eigenvalue weighted by molar-refractivity contribution is 5.55. The van der Waals surface area contributed by atoms with Crippen molar-refractivity contribution < 1.29 is 9.84 Å². The summed E-state index contributed by atoms with van der Waals surface area (Å²) in [4.78, 5) is 6.54. The number of nitrogens with zero attached hydrogens (tertiary/aromatic N) is 2. The van der Waals surface area contributed by atoms with Crippen molar-refractivity contribution in [3.05, 3.63) is 23.0 Å². The van der Waals surface area contributed by atoms with E-state index in [1.807, 2.05) is 27.0 Å². The van der Waals surface area contributed by atoms with Gasteiger partial charge < -0.3 is 20.5 Å². The van der Waals surface area contributed by atoms with Gasteiger partial charge in [-0.25, -0.2) is 0 Å². The van der Waals surface area contributed by atoms with Crippen LogP contribution >= 0.6 is 0 Å². The number of hydrogen-bond acceptors (Lipinski definition) is 5. The fraction of sp³-hybridized carbons (Fsp3) is 0.615. The zero-order valence-electron chi connectivity index (χ0n) is 11.4. The topological polar surface area (TPSA) is 71.6 Å². The van der Waals surface area contributed by atoms with Gasteiger partial charge in [-0.15, -0.1) is 0 Å². The normalized spacial score (nSPS) is 10.7. The van der Waals surface area contributed by atoms with E-state index >= 15 is 0 Å². The van der Waals surface area contributed by atoms with Crippen molar-refractivity contribution in [1.29, 1.82) is 0 Å². The van der Waals surface area contributed by atoms with Crippen LogP contribution in [0.5, 0.6) is 0 Å². The van der Waals surface area contributed by atoms with Gasteiger partial charge >= 0.3 is 0 Å². The Morgan fingerprint density at radius 2 is 2.11 bits per heavy atom. The van der Waals surface area contributed by atoms with Crippen LogP contribution in [0.4, 0.5) is 5.69 Å². The molecule has 0 spiro atoms. The Hall–Kier alpha value is -1.17. The van der Waals surface area contributed by atoms with Crippen LogP contribution in [-0.4, -0.2) is 43.5 Å². The molecular weight excluding hydrogens is 230 g/mol. The maximum Gasteiger partial charge on any atom is 0.0698 e. The predicted molar refractivity (Wildman–Crippen MR) is 72.8 cm³/mol. The third-order valence-corrected chi connectivity index (χ3v) is 2.86. The summed E-state index contributed by atoms with van der Waals surface area (Å²) in [7, 11) is 2.01. The SMILES string of the molecule is Cc1cc(N(C)CCOCCO)c(CN)c(C)n1. The number of hydrogen-bond donors (Lipinski definition) is 2. The zero-order chi connectivity index (χ0) is 13.5. The molecule has 3 N–H and O–H groups in total. The number of aliphatic hydroxyl groups is 1. The van der Waals surface area contributed by atoms with Crippen LogP contribution in [0.15, 0.2) is 6.07 Å². The van der Waals surface area contributed by atoms with Crippen molar-refractivity contribution in [2.45, 2.75) is 20.4 Å². The van der Waals surface area contributed by atoms with Crippen LogP contribution in [0, 0.1) is 13.8 Å². The Bertz CT molecular complexity index is 383. The summed E-state index contributed by atoms with van der Waals surface area (Å²) in [6.45, 7) is 6.23. The minimum Gasteiger partial charge on any atom is -0.394 e. The summed E-state index contributed by atoms with van der Waals surface area (Å²) in [5, 5.41) is 8.64. The summed E-state index contributed by atoms with van der Waals surface area (Å²) < 4.78 is 5.27. The number of aryl methyl sites for hydroxylation is 2. The van der Waals surface area contributed by atoms with Crippen LogP contribution in [0.2, 0.25) is 0 Å². The largest absolute Gasteiger partial charge is 0.394 e. The highest BCUT2D eigenvalue weighted by Crippen LogP contribution is 2.22. The van der Waals surface area contributed by atoms with Gasteiger partial charge in [-0.3, -0.25) is 4.98 Å². The minimum atomic E-state index is 0.0608. The first-order valence-electron chi connectivity index (χ1n) is 6.17. The lowest BCUT2D eigenvalue weighted by molar-refractivity contribution is 0.0971. The van der Waals surface area contributed by atoms with E-state index in [-0.39, 0.29) is 6.61 Å². The molecule has 0 radical (unpaired) electrons. The fourth-order valence-electron chi connectivity index (χ4n) is 1.92. The van der Waals surface area contributed by atoms with Crippen LogP contribution in [0.1, 0.15) is 17.0 Å². The van der Waals surface area contributed by atoms with Crippen LogP contribution < -0.4 is 10.6 Å². The molecule has 0 unspecified atom stereocenters. The number of ether oxygens (including phenoxy) is 1. The zero-order valence-corrected chi connectivity index (χ0v) is 11.4. The minimum absolute atomic E-state index is 0.0608. The van der Waals surface area contributed by atoms with E-state index < -0.39 is 0 Å². The van der Waals surface area contributed by atoms with Gasteiger partial charge in [0, 0.05) is 42.8 Å². The Balaban J connectivity index is 2.74. The highest BCUT2D eigenvalue weighted by atomic mass is 16.5. The maximum absolute atomic E-state index is 8.64. The number of aliphatic hydroxyl groups excluding tert-OH is 1. The van der Waals surface area contributed by atoms with Crippen LogP contribution in [0.25, 0.3) is 0 Å². The summed E-state index contributed by atoms with van der Waals surface area (Å²) >= 11 is 0. The van der Waals surface area contributed by atoms with Gasteiger partial charge in [0.1, 0.15) is 0 Å².